The van der Waals surface area contributed by atoms with Crippen LogP contribution in [-0.4, -0.2) is 40.9 Å². The Morgan fingerprint density at radius 1 is 1.08 bits per heavy atom. The van der Waals surface area contributed by atoms with Crippen molar-refractivity contribution in [3.05, 3.63) is 65.5 Å². The number of benzene rings is 2. The maximum Gasteiger partial charge on any atom is 0.274 e. The molecule has 1 aliphatic rings. The Labute approximate surface area is 228 Å². The maximum absolute atomic E-state index is 13.4. The average Bonchev–Trinajstić information content (AvgIpc) is 3.33. The Morgan fingerprint density at radius 2 is 1.85 bits per heavy atom. The lowest BCUT2D eigenvalue weighted by Gasteiger charge is -2.23. The number of aromatic nitrogens is 3. The third-order valence-corrected chi connectivity index (χ3v) is 7.60. The average molecular weight is 527 g/mol. The third kappa shape index (κ3) is 5.50. The van der Waals surface area contributed by atoms with E-state index in [9.17, 15) is 9.59 Å². The lowest BCUT2D eigenvalue weighted by molar-refractivity contribution is -0.108. The predicted molar refractivity (Wildman–Crippen MR) is 152 cm³/mol. The standard InChI is InChI=1S/C31H34N4O4/c1-20-15-28(39-3)24(18-27(20)38-2)29-23(16-21-9-5-4-6-10-21)19-32-31(33-29)34-30(37)26-17-22-11-7-8-12-25(22)35(26)13-14-36/h7-8,11-12,14-15,17-19,21H,4-6,9-10,13,16H2,1-3H3,(H,32,33,34,37). The molecule has 8 nitrogen and oxygen atoms in total. The van der Waals surface area contributed by atoms with Gasteiger partial charge in [0.2, 0.25) is 5.95 Å². The van der Waals surface area contributed by atoms with Gasteiger partial charge in [-0.15, -0.1) is 0 Å². The van der Waals surface area contributed by atoms with E-state index in [1.807, 2.05) is 49.5 Å². The number of hydrogen-bond acceptors (Lipinski definition) is 6. The number of methoxy groups -OCH3 is 2. The Bertz CT molecular complexity index is 1500. The van der Waals surface area contributed by atoms with Crippen LogP contribution in [0.2, 0.25) is 0 Å². The zero-order chi connectivity index (χ0) is 27.4. The van der Waals surface area contributed by atoms with E-state index in [0.29, 0.717) is 17.4 Å². The van der Waals surface area contributed by atoms with Crippen molar-refractivity contribution in [2.75, 3.05) is 19.5 Å². The number of amides is 1. The number of fused-ring (bicyclic) bond motifs is 1. The van der Waals surface area contributed by atoms with Gasteiger partial charge in [-0.05, 0) is 54.7 Å². The largest absolute Gasteiger partial charge is 0.496 e. The number of anilines is 1. The van der Waals surface area contributed by atoms with Gasteiger partial charge in [-0.25, -0.2) is 9.97 Å². The fourth-order valence-corrected chi connectivity index (χ4v) is 5.62. The van der Waals surface area contributed by atoms with Gasteiger partial charge < -0.3 is 18.8 Å². The van der Waals surface area contributed by atoms with Crippen LogP contribution in [-0.2, 0) is 17.8 Å². The lowest BCUT2D eigenvalue weighted by Crippen LogP contribution is -2.19. The molecule has 2 aromatic carbocycles. The van der Waals surface area contributed by atoms with Gasteiger partial charge in [-0.1, -0.05) is 50.3 Å². The summed E-state index contributed by atoms with van der Waals surface area (Å²) in [4.78, 5) is 34.2. The second kappa shape index (κ2) is 11.7. The van der Waals surface area contributed by atoms with E-state index in [4.69, 9.17) is 14.5 Å². The van der Waals surface area contributed by atoms with Crippen LogP contribution in [0.4, 0.5) is 5.95 Å². The van der Waals surface area contributed by atoms with Crippen LogP contribution in [0.15, 0.2) is 48.7 Å². The molecule has 1 fully saturated rings. The molecular weight excluding hydrogens is 492 g/mol. The van der Waals surface area contributed by atoms with Gasteiger partial charge in [0.15, 0.2) is 0 Å². The fourth-order valence-electron chi connectivity index (χ4n) is 5.62. The van der Waals surface area contributed by atoms with Crippen LogP contribution < -0.4 is 14.8 Å². The second-order valence-corrected chi connectivity index (χ2v) is 10.1. The predicted octanol–water partition coefficient (Wildman–Crippen LogP) is 6.00. The van der Waals surface area contributed by atoms with Gasteiger partial charge in [-0.3, -0.25) is 10.1 Å². The molecule has 0 radical (unpaired) electrons. The van der Waals surface area contributed by atoms with Crippen molar-refractivity contribution in [3.8, 4) is 22.8 Å². The molecular formula is C31H34N4O4. The van der Waals surface area contributed by atoms with E-state index in [1.54, 1.807) is 24.9 Å². The summed E-state index contributed by atoms with van der Waals surface area (Å²) in [5, 5.41) is 3.75. The number of rotatable bonds is 9. The SMILES string of the molecule is COc1cc(-c2nc(NC(=O)c3cc4ccccc4n3CC=O)ncc2CC2CCCCC2)c(OC)cc1C. The molecule has 0 saturated heterocycles. The van der Waals surface area contributed by atoms with E-state index in [0.717, 1.165) is 51.7 Å². The van der Waals surface area contributed by atoms with Crippen molar-refractivity contribution < 1.29 is 19.1 Å². The number of carbonyl (C=O) groups is 2. The second-order valence-electron chi connectivity index (χ2n) is 10.1. The summed E-state index contributed by atoms with van der Waals surface area (Å²) in [6, 6.07) is 13.2. The molecule has 2 heterocycles. The van der Waals surface area contributed by atoms with E-state index in [2.05, 4.69) is 10.3 Å². The van der Waals surface area contributed by atoms with Crippen molar-refractivity contribution >= 4 is 29.0 Å². The minimum absolute atomic E-state index is 0.0725. The van der Waals surface area contributed by atoms with Crippen LogP contribution in [0.5, 0.6) is 11.5 Å². The van der Waals surface area contributed by atoms with Gasteiger partial charge in [0.05, 0.1) is 26.5 Å². The van der Waals surface area contributed by atoms with E-state index >= 15 is 0 Å². The summed E-state index contributed by atoms with van der Waals surface area (Å²) < 4.78 is 13.1. The van der Waals surface area contributed by atoms with Gasteiger partial charge >= 0.3 is 0 Å². The quantitative estimate of drug-likeness (QED) is 0.269. The normalized spacial score (nSPS) is 13.8. The zero-order valence-corrected chi connectivity index (χ0v) is 22.7. The minimum Gasteiger partial charge on any atom is -0.496 e. The van der Waals surface area contributed by atoms with Crippen molar-refractivity contribution in [2.45, 2.75) is 52.0 Å². The highest BCUT2D eigenvalue weighted by Crippen LogP contribution is 2.38. The zero-order valence-electron chi connectivity index (χ0n) is 22.7. The molecule has 5 rings (SSSR count). The molecule has 1 saturated carbocycles. The molecule has 8 heteroatoms. The number of carbonyl (C=O) groups excluding carboxylic acids is 2. The summed E-state index contributed by atoms with van der Waals surface area (Å²) in [5.41, 5.74) is 4.66. The molecule has 39 heavy (non-hydrogen) atoms. The summed E-state index contributed by atoms with van der Waals surface area (Å²) in [5.74, 6) is 1.79. The highest BCUT2D eigenvalue weighted by atomic mass is 16.5. The number of hydrogen-bond donors (Lipinski definition) is 1. The van der Waals surface area contributed by atoms with E-state index in [-0.39, 0.29) is 18.4 Å². The number of nitrogens with one attached hydrogen (secondary N) is 1. The smallest absolute Gasteiger partial charge is 0.274 e. The number of ether oxygens (including phenoxy) is 2. The molecule has 1 amide bonds. The number of nitrogens with zero attached hydrogens (tertiary/aromatic N) is 3. The van der Waals surface area contributed by atoms with E-state index in [1.165, 1.54) is 32.1 Å². The highest BCUT2D eigenvalue weighted by Gasteiger charge is 2.22. The Balaban J connectivity index is 1.55. The van der Waals surface area contributed by atoms with Crippen molar-refractivity contribution in [3.63, 3.8) is 0 Å². The minimum atomic E-state index is -0.382. The first kappa shape index (κ1) is 26.4. The summed E-state index contributed by atoms with van der Waals surface area (Å²) >= 11 is 0. The summed E-state index contributed by atoms with van der Waals surface area (Å²) in [7, 11) is 3.28. The van der Waals surface area contributed by atoms with Gasteiger partial charge in [0, 0.05) is 22.7 Å². The first-order valence-corrected chi connectivity index (χ1v) is 13.4. The van der Waals surface area contributed by atoms with E-state index < -0.39 is 0 Å². The maximum atomic E-state index is 13.4. The molecule has 202 valence electrons. The topological polar surface area (TPSA) is 95.3 Å². The summed E-state index contributed by atoms with van der Waals surface area (Å²) in [6.45, 7) is 2.04. The molecule has 4 aromatic rings. The molecule has 0 bridgehead atoms. The van der Waals surface area contributed by atoms with Crippen LogP contribution in [0.1, 0.15) is 53.7 Å². The first-order valence-electron chi connectivity index (χ1n) is 13.4. The van der Waals surface area contributed by atoms with Crippen LogP contribution in [0.3, 0.4) is 0 Å². The first-order chi connectivity index (χ1) is 19.0. The molecule has 0 spiro atoms. The van der Waals surface area contributed by atoms with Gasteiger partial charge in [0.1, 0.15) is 23.5 Å². The van der Waals surface area contributed by atoms with Crippen molar-refractivity contribution in [2.24, 2.45) is 5.92 Å². The summed E-state index contributed by atoms with van der Waals surface area (Å²) in [6.07, 6.45) is 9.61. The number of aryl methyl sites for hydroxylation is 1. The van der Waals surface area contributed by atoms with Gasteiger partial charge in [0.25, 0.3) is 5.91 Å². The number of aldehydes is 1. The lowest BCUT2D eigenvalue weighted by atomic mass is 9.84. The third-order valence-electron chi connectivity index (χ3n) is 7.60. The van der Waals surface area contributed by atoms with Crippen LogP contribution >= 0.6 is 0 Å². The van der Waals surface area contributed by atoms with Crippen molar-refractivity contribution in [1.29, 1.82) is 0 Å². The van der Waals surface area contributed by atoms with Crippen molar-refractivity contribution in [1.82, 2.24) is 14.5 Å². The monoisotopic (exact) mass is 526 g/mol. The molecule has 0 atom stereocenters. The van der Waals surface area contributed by atoms with Crippen LogP contribution in [0, 0.1) is 12.8 Å². The number of para-hydroxylation sites is 1. The molecule has 2 aromatic heterocycles. The van der Waals surface area contributed by atoms with Gasteiger partial charge in [-0.2, -0.15) is 0 Å². The molecule has 1 aliphatic carbocycles. The molecule has 0 aliphatic heterocycles. The highest BCUT2D eigenvalue weighted by molar-refractivity contribution is 6.06. The fraction of sp³-hybridized carbons (Fsp3) is 0.355. The molecule has 1 N–H and O–H groups in total. The Morgan fingerprint density at radius 3 is 2.59 bits per heavy atom. The Kier molecular flexibility index (Phi) is 7.91. The Hall–Kier alpha value is -4.20. The van der Waals surface area contributed by atoms with Crippen LogP contribution in [0.25, 0.3) is 22.2 Å². The molecule has 0 unspecified atom stereocenters.